The van der Waals surface area contributed by atoms with Crippen molar-refractivity contribution in [3.05, 3.63) is 6.42 Å². The lowest BCUT2D eigenvalue weighted by Crippen LogP contribution is -2.40. The molecular weight excluding hydrogens is 176 g/mol. The largest absolute Gasteiger partial charge is 0.417 e. The summed E-state index contributed by atoms with van der Waals surface area (Å²) in [4.78, 5) is 0. The van der Waals surface area contributed by atoms with E-state index in [2.05, 4.69) is 47.2 Å². The van der Waals surface area contributed by atoms with Crippen molar-refractivity contribution in [2.45, 2.75) is 58.7 Å². The fraction of sp³-hybridized carbons (Fsp3) is 0.909. The van der Waals surface area contributed by atoms with E-state index >= 15 is 0 Å². The summed E-state index contributed by atoms with van der Waals surface area (Å²) in [6, 6.07) is 0. The van der Waals surface area contributed by atoms with E-state index in [-0.39, 0.29) is 0 Å². The standard InChI is InChI=1S/C11H25OSi/c1-7-8-9-10-12-13(5,6)11(2,3)4/h7H,8-10H2,1-6H3. The summed E-state index contributed by atoms with van der Waals surface area (Å²) in [6.45, 7) is 14.5. The van der Waals surface area contributed by atoms with Crippen molar-refractivity contribution in [3.63, 3.8) is 0 Å². The zero-order valence-corrected chi connectivity index (χ0v) is 11.1. The molecule has 2 heteroatoms. The molecule has 0 aliphatic carbocycles. The minimum atomic E-state index is -1.47. The van der Waals surface area contributed by atoms with E-state index in [1.807, 2.05) is 0 Å². The van der Waals surface area contributed by atoms with Crippen LogP contribution in [0.2, 0.25) is 18.1 Å². The Hall–Kier alpha value is 0.177. The molecule has 0 aliphatic heterocycles. The Morgan fingerprint density at radius 3 is 2.15 bits per heavy atom. The molecular formula is C11H25OSi. The minimum Gasteiger partial charge on any atom is -0.417 e. The minimum absolute atomic E-state index is 0.350. The Bertz CT molecular complexity index is 136. The van der Waals surface area contributed by atoms with Crippen molar-refractivity contribution >= 4 is 8.32 Å². The van der Waals surface area contributed by atoms with Gasteiger partial charge in [0.1, 0.15) is 0 Å². The van der Waals surface area contributed by atoms with Gasteiger partial charge in [0.25, 0.3) is 0 Å². The van der Waals surface area contributed by atoms with E-state index in [9.17, 15) is 0 Å². The summed E-state index contributed by atoms with van der Waals surface area (Å²) in [6.07, 6.45) is 4.55. The van der Waals surface area contributed by atoms with E-state index in [1.165, 1.54) is 12.8 Å². The van der Waals surface area contributed by atoms with Crippen molar-refractivity contribution in [2.24, 2.45) is 0 Å². The second-order valence-corrected chi connectivity index (χ2v) is 9.97. The maximum absolute atomic E-state index is 6.01. The van der Waals surface area contributed by atoms with Crippen LogP contribution in [-0.4, -0.2) is 14.9 Å². The van der Waals surface area contributed by atoms with Gasteiger partial charge in [-0.05, 0) is 37.4 Å². The van der Waals surface area contributed by atoms with Gasteiger partial charge in [-0.25, -0.2) is 0 Å². The van der Waals surface area contributed by atoms with Gasteiger partial charge in [0.2, 0.25) is 0 Å². The van der Waals surface area contributed by atoms with Crippen LogP contribution in [0.25, 0.3) is 0 Å². The molecule has 0 N–H and O–H groups in total. The van der Waals surface area contributed by atoms with Gasteiger partial charge in [-0.3, -0.25) is 0 Å². The molecule has 0 aromatic rings. The summed E-state index contributed by atoms with van der Waals surface area (Å²) >= 11 is 0. The van der Waals surface area contributed by atoms with Gasteiger partial charge in [0.15, 0.2) is 8.32 Å². The summed E-state index contributed by atoms with van der Waals surface area (Å²) in [7, 11) is -1.47. The average Bonchev–Trinajstić information content (AvgIpc) is 1.96. The van der Waals surface area contributed by atoms with Crippen LogP contribution < -0.4 is 0 Å². The number of rotatable bonds is 5. The predicted octanol–water partition coefficient (Wildman–Crippen LogP) is 4.01. The lowest BCUT2D eigenvalue weighted by atomic mass is 10.2. The molecule has 0 saturated heterocycles. The molecule has 79 valence electrons. The third-order valence-corrected chi connectivity index (χ3v) is 7.44. The average molecular weight is 201 g/mol. The lowest BCUT2D eigenvalue weighted by molar-refractivity contribution is 0.282. The van der Waals surface area contributed by atoms with Gasteiger partial charge in [0, 0.05) is 6.61 Å². The molecule has 0 aromatic carbocycles. The maximum atomic E-state index is 6.01. The van der Waals surface area contributed by atoms with Gasteiger partial charge < -0.3 is 4.43 Å². The highest BCUT2D eigenvalue weighted by molar-refractivity contribution is 6.74. The van der Waals surface area contributed by atoms with Gasteiger partial charge in [-0.15, -0.1) is 0 Å². The van der Waals surface area contributed by atoms with Crippen molar-refractivity contribution in [2.75, 3.05) is 6.61 Å². The quantitative estimate of drug-likeness (QED) is 0.482. The molecule has 0 amide bonds. The van der Waals surface area contributed by atoms with Crippen LogP contribution in [0.5, 0.6) is 0 Å². The molecule has 0 atom stereocenters. The molecule has 0 aliphatic rings. The summed E-state index contributed by atoms with van der Waals surface area (Å²) < 4.78 is 6.01. The second kappa shape index (κ2) is 5.16. The zero-order valence-electron chi connectivity index (χ0n) is 10.1. The highest BCUT2D eigenvalue weighted by Crippen LogP contribution is 2.36. The maximum Gasteiger partial charge on any atom is 0.191 e. The van der Waals surface area contributed by atoms with Gasteiger partial charge in [-0.2, -0.15) is 0 Å². The van der Waals surface area contributed by atoms with E-state index in [1.54, 1.807) is 0 Å². The topological polar surface area (TPSA) is 9.23 Å². The van der Waals surface area contributed by atoms with Crippen molar-refractivity contribution < 1.29 is 4.43 Å². The molecule has 0 unspecified atom stereocenters. The molecule has 0 saturated carbocycles. The van der Waals surface area contributed by atoms with E-state index in [4.69, 9.17) is 4.43 Å². The predicted molar refractivity (Wildman–Crippen MR) is 62.4 cm³/mol. The molecule has 13 heavy (non-hydrogen) atoms. The monoisotopic (exact) mass is 201 g/mol. The summed E-state index contributed by atoms with van der Waals surface area (Å²) in [5, 5.41) is 0.350. The van der Waals surface area contributed by atoms with Crippen LogP contribution in [0.1, 0.15) is 40.5 Å². The molecule has 0 heterocycles. The molecule has 0 rings (SSSR count). The van der Waals surface area contributed by atoms with Gasteiger partial charge in [0.05, 0.1) is 0 Å². The first kappa shape index (κ1) is 13.2. The third-order valence-electron chi connectivity index (χ3n) is 2.91. The number of unbranched alkanes of at least 4 members (excludes halogenated alkanes) is 2. The molecule has 0 bridgehead atoms. The molecule has 0 aromatic heterocycles. The van der Waals surface area contributed by atoms with E-state index < -0.39 is 8.32 Å². The summed E-state index contributed by atoms with van der Waals surface area (Å²) in [5.74, 6) is 0. The van der Waals surface area contributed by atoms with Crippen LogP contribution in [0.3, 0.4) is 0 Å². The van der Waals surface area contributed by atoms with Crippen LogP contribution in [0.15, 0.2) is 0 Å². The Morgan fingerprint density at radius 1 is 1.23 bits per heavy atom. The fourth-order valence-corrected chi connectivity index (χ4v) is 1.92. The Balaban J connectivity index is 3.77. The van der Waals surface area contributed by atoms with Crippen LogP contribution in [0, 0.1) is 6.42 Å². The highest BCUT2D eigenvalue weighted by Gasteiger charge is 2.36. The number of hydrogen-bond acceptors (Lipinski definition) is 1. The van der Waals surface area contributed by atoms with Gasteiger partial charge in [-0.1, -0.05) is 27.7 Å². The van der Waals surface area contributed by atoms with Crippen molar-refractivity contribution in [1.29, 1.82) is 0 Å². The smallest absolute Gasteiger partial charge is 0.191 e. The molecule has 0 spiro atoms. The van der Waals surface area contributed by atoms with E-state index in [0.717, 1.165) is 6.61 Å². The summed E-state index contributed by atoms with van der Waals surface area (Å²) in [5.41, 5.74) is 0. The van der Waals surface area contributed by atoms with Crippen LogP contribution in [0.4, 0.5) is 0 Å². The van der Waals surface area contributed by atoms with Gasteiger partial charge >= 0.3 is 0 Å². The SMILES string of the molecule is C[CH]CCCO[Si](C)(C)C(C)(C)C. The second-order valence-electron chi connectivity index (χ2n) is 5.16. The number of hydrogen-bond donors (Lipinski definition) is 0. The van der Waals surface area contributed by atoms with Crippen LogP contribution >= 0.6 is 0 Å². The Labute approximate surface area is 85.0 Å². The Kier molecular flexibility index (Phi) is 5.23. The normalized spacial score (nSPS) is 13.4. The first-order chi connectivity index (χ1) is 5.81. The first-order valence-electron chi connectivity index (χ1n) is 5.23. The van der Waals surface area contributed by atoms with Crippen molar-refractivity contribution in [1.82, 2.24) is 0 Å². The van der Waals surface area contributed by atoms with Crippen LogP contribution in [-0.2, 0) is 4.43 Å². The van der Waals surface area contributed by atoms with Crippen molar-refractivity contribution in [3.8, 4) is 0 Å². The first-order valence-corrected chi connectivity index (χ1v) is 8.14. The molecule has 0 fully saturated rings. The molecule has 1 radical (unpaired) electrons. The highest BCUT2D eigenvalue weighted by atomic mass is 28.4. The fourth-order valence-electron chi connectivity index (χ4n) is 0.831. The molecule has 1 nitrogen and oxygen atoms in total. The Morgan fingerprint density at radius 2 is 1.77 bits per heavy atom. The lowest BCUT2D eigenvalue weighted by Gasteiger charge is -2.36. The van der Waals surface area contributed by atoms with E-state index in [0.29, 0.717) is 5.04 Å². The third kappa shape index (κ3) is 4.82. The zero-order chi connectivity index (χ0) is 10.5.